The monoisotopic (exact) mass is 251 g/mol. The maximum Gasteiger partial charge on any atom is 0.279 e. The molecule has 0 unspecified atom stereocenters. The molecular formula is C7H4BrF2NO2. The van der Waals surface area contributed by atoms with Gasteiger partial charge in [0.05, 0.1) is 10.5 Å². The molecule has 0 radical (unpaired) electrons. The normalized spacial score (nSPS) is 10.5. The molecule has 13 heavy (non-hydrogen) atoms. The van der Waals surface area contributed by atoms with Gasteiger partial charge >= 0.3 is 0 Å². The number of rotatable bonds is 2. The second kappa shape index (κ2) is 3.78. The maximum absolute atomic E-state index is 12.2. The molecule has 1 aromatic carbocycles. The number of nitro benzene ring substituents is 1. The lowest BCUT2D eigenvalue weighted by Gasteiger charge is -2.00. The zero-order valence-electron chi connectivity index (χ0n) is 6.21. The lowest BCUT2D eigenvalue weighted by atomic mass is 10.2. The Morgan fingerprint density at radius 2 is 2.08 bits per heavy atom. The first kappa shape index (κ1) is 10.0. The Morgan fingerprint density at radius 3 is 2.54 bits per heavy atom. The molecule has 0 aliphatic carbocycles. The summed E-state index contributed by atoms with van der Waals surface area (Å²) in [5, 5.41) is 10.3. The van der Waals surface area contributed by atoms with Gasteiger partial charge in [0.2, 0.25) is 0 Å². The smallest absolute Gasteiger partial charge is 0.258 e. The van der Waals surface area contributed by atoms with Crippen molar-refractivity contribution in [1.29, 1.82) is 0 Å². The largest absolute Gasteiger partial charge is 0.279 e. The molecule has 0 aliphatic heterocycles. The van der Waals surface area contributed by atoms with E-state index in [1.807, 2.05) is 0 Å². The highest BCUT2D eigenvalue weighted by Gasteiger charge is 2.21. The zero-order chi connectivity index (χ0) is 10.0. The molecular weight excluding hydrogens is 248 g/mol. The van der Waals surface area contributed by atoms with E-state index in [-0.39, 0.29) is 0 Å². The van der Waals surface area contributed by atoms with Crippen LogP contribution >= 0.6 is 15.9 Å². The van der Waals surface area contributed by atoms with Crippen molar-refractivity contribution in [3.05, 3.63) is 38.3 Å². The van der Waals surface area contributed by atoms with Crippen LogP contribution in [-0.2, 0) is 0 Å². The van der Waals surface area contributed by atoms with Gasteiger partial charge in [0.15, 0.2) is 0 Å². The van der Waals surface area contributed by atoms with E-state index in [1.54, 1.807) is 0 Å². The second-order valence-corrected chi connectivity index (χ2v) is 3.18. The quantitative estimate of drug-likeness (QED) is 0.598. The lowest BCUT2D eigenvalue weighted by Crippen LogP contribution is -1.95. The number of nitro groups is 1. The standard InChI is InChI=1S/C7H4BrF2NO2/c8-4-1-2-5(7(9)10)6(3-4)11(12)13/h1-3,7H. The Bertz CT molecular complexity index is 343. The van der Waals surface area contributed by atoms with Gasteiger partial charge in [-0.2, -0.15) is 0 Å². The predicted molar refractivity (Wildman–Crippen MR) is 45.8 cm³/mol. The number of nitrogens with zero attached hydrogens (tertiary/aromatic N) is 1. The number of hydrogen-bond donors (Lipinski definition) is 0. The van der Waals surface area contributed by atoms with Gasteiger partial charge in [-0.3, -0.25) is 10.1 Å². The fourth-order valence-corrected chi connectivity index (χ4v) is 1.21. The third kappa shape index (κ3) is 2.21. The van der Waals surface area contributed by atoms with Gasteiger partial charge in [-0.1, -0.05) is 15.9 Å². The van der Waals surface area contributed by atoms with E-state index in [0.717, 1.165) is 12.1 Å². The van der Waals surface area contributed by atoms with Crippen molar-refractivity contribution in [2.24, 2.45) is 0 Å². The summed E-state index contributed by atoms with van der Waals surface area (Å²) < 4.78 is 24.8. The van der Waals surface area contributed by atoms with Crippen LogP contribution in [0.5, 0.6) is 0 Å². The molecule has 0 saturated heterocycles. The molecule has 0 saturated carbocycles. The number of benzene rings is 1. The minimum absolute atomic E-state index is 0.406. The highest BCUT2D eigenvalue weighted by atomic mass is 79.9. The summed E-state index contributed by atoms with van der Waals surface area (Å²) in [6.45, 7) is 0. The molecule has 0 bridgehead atoms. The molecule has 0 aliphatic rings. The minimum Gasteiger partial charge on any atom is -0.258 e. The van der Waals surface area contributed by atoms with Crippen LogP contribution in [-0.4, -0.2) is 4.92 Å². The van der Waals surface area contributed by atoms with Gasteiger partial charge in [-0.05, 0) is 12.1 Å². The van der Waals surface area contributed by atoms with Crippen LogP contribution in [0.25, 0.3) is 0 Å². The lowest BCUT2D eigenvalue weighted by molar-refractivity contribution is -0.386. The highest BCUT2D eigenvalue weighted by Crippen LogP contribution is 2.30. The third-order valence-corrected chi connectivity index (χ3v) is 1.92. The molecule has 6 heteroatoms. The number of hydrogen-bond acceptors (Lipinski definition) is 2. The van der Waals surface area contributed by atoms with Gasteiger partial charge in [0, 0.05) is 10.5 Å². The zero-order valence-corrected chi connectivity index (χ0v) is 7.79. The summed E-state index contributed by atoms with van der Waals surface area (Å²) in [5.74, 6) is 0. The molecule has 0 fully saturated rings. The topological polar surface area (TPSA) is 43.1 Å². The van der Waals surface area contributed by atoms with Crippen LogP contribution in [0.15, 0.2) is 22.7 Å². The van der Waals surface area contributed by atoms with Gasteiger partial charge < -0.3 is 0 Å². The van der Waals surface area contributed by atoms with Crippen LogP contribution in [0, 0.1) is 10.1 Å². The van der Waals surface area contributed by atoms with E-state index in [2.05, 4.69) is 15.9 Å². The molecule has 0 spiro atoms. The van der Waals surface area contributed by atoms with Crippen molar-refractivity contribution in [2.45, 2.75) is 6.43 Å². The molecule has 0 atom stereocenters. The molecule has 0 heterocycles. The Balaban J connectivity index is 3.27. The molecule has 1 aromatic rings. The first-order valence-corrected chi connectivity index (χ1v) is 4.03. The van der Waals surface area contributed by atoms with Crippen molar-refractivity contribution in [1.82, 2.24) is 0 Å². The Kier molecular flexibility index (Phi) is 2.92. The van der Waals surface area contributed by atoms with Crippen LogP contribution in [0.4, 0.5) is 14.5 Å². The van der Waals surface area contributed by atoms with Crippen LogP contribution in [0.3, 0.4) is 0 Å². The molecule has 1 rings (SSSR count). The molecule has 0 amide bonds. The Labute approximate surface area is 80.6 Å². The maximum atomic E-state index is 12.2. The van der Waals surface area contributed by atoms with Crippen LogP contribution < -0.4 is 0 Å². The van der Waals surface area contributed by atoms with E-state index < -0.39 is 22.6 Å². The minimum atomic E-state index is -2.83. The average Bonchev–Trinajstić information content (AvgIpc) is 2.03. The second-order valence-electron chi connectivity index (χ2n) is 2.26. The van der Waals surface area contributed by atoms with Gasteiger partial charge in [0.25, 0.3) is 12.1 Å². The first-order chi connectivity index (χ1) is 6.02. The fourth-order valence-electron chi connectivity index (χ4n) is 0.859. The molecule has 70 valence electrons. The van der Waals surface area contributed by atoms with Gasteiger partial charge in [-0.15, -0.1) is 0 Å². The fraction of sp³-hybridized carbons (Fsp3) is 0.143. The van der Waals surface area contributed by atoms with Crippen molar-refractivity contribution in [3.63, 3.8) is 0 Å². The Morgan fingerprint density at radius 1 is 1.46 bits per heavy atom. The molecule has 0 aromatic heterocycles. The summed E-state index contributed by atoms with van der Waals surface area (Å²) in [5.41, 5.74) is -1.13. The van der Waals surface area contributed by atoms with Gasteiger partial charge in [0.1, 0.15) is 0 Å². The van der Waals surface area contributed by atoms with Crippen molar-refractivity contribution in [3.8, 4) is 0 Å². The first-order valence-electron chi connectivity index (χ1n) is 3.24. The summed E-state index contributed by atoms with van der Waals surface area (Å²) in [6.07, 6.45) is -2.83. The van der Waals surface area contributed by atoms with Crippen molar-refractivity contribution in [2.75, 3.05) is 0 Å². The predicted octanol–water partition coefficient (Wildman–Crippen LogP) is 3.29. The van der Waals surface area contributed by atoms with Crippen LogP contribution in [0.1, 0.15) is 12.0 Å². The highest BCUT2D eigenvalue weighted by molar-refractivity contribution is 9.10. The third-order valence-electron chi connectivity index (χ3n) is 1.42. The summed E-state index contributed by atoms with van der Waals surface area (Å²) in [6, 6.07) is 3.43. The summed E-state index contributed by atoms with van der Waals surface area (Å²) in [7, 11) is 0. The summed E-state index contributed by atoms with van der Waals surface area (Å²) in [4.78, 5) is 9.50. The van der Waals surface area contributed by atoms with Gasteiger partial charge in [-0.25, -0.2) is 8.78 Å². The van der Waals surface area contributed by atoms with E-state index in [0.29, 0.717) is 4.47 Å². The summed E-state index contributed by atoms with van der Waals surface area (Å²) >= 11 is 2.96. The average molecular weight is 252 g/mol. The Hall–Kier alpha value is -1.04. The van der Waals surface area contributed by atoms with Crippen LogP contribution in [0.2, 0.25) is 0 Å². The SMILES string of the molecule is O=[N+]([O-])c1cc(Br)ccc1C(F)F. The molecule has 3 nitrogen and oxygen atoms in total. The van der Waals surface area contributed by atoms with E-state index in [9.17, 15) is 18.9 Å². The van der Waals surface area contributed by atoms with E-state index in [4.69, 9.17) is 0 Å². The number of alkyl halides is 2. The number of halogens is 3. The van der Waals surface area contributed by atoms with E-state index >= 15 is 0 Å². The van der Waals surface area contributed by atoms with E-state index in [1.165, 1.54) is 6.07 Å². The van der Waals surface area contributed by atoms with Crippen molar-refractivity contribution < 1.29 is 13.7 Å². The molecule has 0 N–H and O–H groups in total. The van der Waals surface area contributed by atoms with Crippen molar-refractivity contribution >= 4 is 21.6 Å².